The Morgan fingerprint density at radius 1 is 1.32 bits per heavy atom. The number of carbonyl (C=O) groups is 1. The molecule has 100 valence electrons. The third-order valence-corrected chi connectivity index (χ3v) is 2.97. The lowest BCUT2D eigenvalue weighted by Crippen LogP contribution is -2.08. The molecule has 2 rings (SSSR count). The van der Waals surface area contributed by atoms with E-state index in [9.17, 15) is 4.79 Å². The van der Waals surface area contributed by atoms with Crippen molar-refractivity contribution in [3.63, 3.8) is 0 Å². The number of benzene rings is 1. The fourth-order valence-electron chi connectivity index (χ4n) is 2.11. The third-order valence-electron chi connectivity index (χ3n) is 2.97. The molecule has 4 heteroatoms. The number of rotatable bonds is 6. The molecule has 1 aromatic heterocycles. The Kier molecular flexibility index (Phi) is 4.23. The van der Waals surface area contributed by atoms with Crippen molar-refractivity contribution < 1.29 is 14.6 Å². The molecule has 1 unspecified atom stereocenters. The molecular weight excluding hydrogens is 242 g/mol. The minimum Gasteiger partial charge on any atom is -0.494 e. The molecule has 2 N–H and O–H groups in total. The zero-order valence-electron chi connectivity index (χ0n) is 10.8. The quantitative estimate of drug-likeness (QED) is 0.838. The lowest BCUT2D eigenvalue weighted by atomic mass is 9.92. The van der Waals surface area contributed by atoms with Crippen LogP contribution in [-0.4, -0.2) is 22.7 Å². The molecule has 19 heavy (non-hydrogen) atoms. The van der Waals surface area contributed by atoms with Gasteiger partial charge in [-0.1, -0.05) is 12.1 Å². The molecule has 2 aromatic rings. The second-order valence-electron chi connectivity index (χ2n) is 4.28. The molecule has 0 bridgehead atoms. The molecule has 0 fully saturated rings. The lowest BCUT2D eigenvalue weighted by molar-refractivity contribution is -0.137. The molecule has 0 aliphatic heterocycles. The Morgan fingerprint density at radius 2 is 2.05 bits per heavy atom. The molecule has 1 atom stereocenters. The van der Waals surface area contributed by atoms with E-state index in [1.807, 2.05) is 43.3 Å². The minimum absolute atomic E-state index is 0.0640. The van der Waals surface area contributed by atoms with Crippen LogP contribution in [0, 0.1) is 0 Å². The normalized spacial score (nSPS) is 12.1. The number of ether oxygens (including phenoxy) is 1. The van der Waals surface area contributed by atoms with Crippen molar-refractivity contribution in [2.45, 2.75) is 19.3 Å². The van der Waals surface area contributed by atoms with Crippen LogP contribution in [0.5, 0.6) is 5.75 Å². The Hall–Kier alpha value is -2.23. The largest absolute Gasteiger partial charge is 0.494 e. The number of nitrogens with one attached hydrogen (secondary N) is 1. The summed E-state index contributed by atoms with van der Waals surface area (Å²) in [6.45, 7) is 2.55. The van der Waals surface area contributed by atoms with Crippen molar-refractivity contribution in [1.82, 2.24) is 4.98 Å². The average molecular weight is 259 g/mol. The molecule has 0 radical (unpaired) electrons. The summed E-state index contributed by atoms with van der Waals surface area (Å²) < 4.78 is 5.39. The molecule has 1 heterocycles. The van der Waals surface area contributed by atoms with Gasteiger partial charge in [-0.2, -0.15) is 0 Å². The van der Waals surface area contributed by atoms with Gasteiger partial charge in [0.15, 0.2) is 0 Å². The Morgan fingerprint density at radius 3 is 2.58 bits per heavy atom. The minimum atomic E-state index is -0.812. The van der Waals surface area contributed by atoms with E-state index in [0.29, 0.717) is 6.61 Å². The first-order chi connectivity index (χ1) is 9.20. The molecule has 4 nitrogen and oxygen atoms in total. The van der Waals surface area contributed by atoms with Gasteiger partial charge in [0.05, 0.1) is 13.0 Å². The molecule has 0 saturated heterocycles. The van der Waals surface area contributed by atoms with E-state index in [1.165, 1.54) is 0 Å². The number of H-pyrrole nitrogens is 1. The van der Waals surface area contributed by atoms with E-state index in [-0.39, 0.29) is 12.3 Å². The molecule has 0 saturated carbocycles. The highest BCUT2D eigenvalue weighted by molar-refractivity contribution is 5.69. The highest BCUT2D eigenvalue weighted by Gasteiger charge is 2.18. The van der Waals surface area contributed by atoms with Crippen molar-refractivity contribution in [2.24, 2.45) is 0 Å². The monoisotopic (exact) mass is 259 g/mol. The van der Waals surface area contributed by atoms with Crippen LogP contribution in [0.2, 0.25) is 0 Å². The summed E-state index contributed by atoms with van der Waals surface area (Å²) in [6, 6.07) is 11.4. The van der Waals surface area contributed by atoms with Crippen LogP contribution < -0.4 is 4.74 Å². The maximum Gasteiger partial charge on any atom is 0.304 e. The molecule has 0 amide bonds. The predicted molar refractivity (Wildman–Crippen MR) is 72.5 cm³/mol. The maximum absolute atomic E-state index is 11.0. The number of hydrogen-bond acceptors (Lipinski definition) is 2. The summed E-state index contributed by atoms with van der Waals surface area (Å²) in [5, 5.41) is 9.04. The second-order valence-corrected chi connectivity index (χ2v) is 4.28. The Balaban J connectivity index is 2.25. The number of carboxylic acids is 1. The number of aromatic nitrogens is 1. The maximum atomic E-state index is 11.0. The van der Waals surface area contributed by atoms with Crippen molar-refractivity contribution in [3.8, 4) is 5.75 Å². The van der Waals surface area contributed by atoms with Gasteiger partial charge in [-0.05, 0) is 36.8 Å². The van der Waals surface area contributed by atoms with Gasteiger partial charge in [0, 0.05) is 17.8 Å². The van der Waals surface area contributed by atoms with Crippen LogP contribution in [0.3, 0.4) is 0 Å². The van der Waals surface area contributed by atoms with Crippen LogP contribution in [0.4, 0.5) is 0 Å². The van der Waals surface area contributed by atoms with E-state index >= 15 is 0 Å². The van der Waals surface area contributed by atoms with E-state index in [4.69, 9.17) is 9.84 Å². The van der Waals surface area contributed by atoms with Gasteiger partial charge >= 0.3 is 5.97 Å². The van der Waals surface area contributed by atoms with Crippen LogP contribution in [0.25, 0.3) is 0 Å². The fraction of sp³-hybridized carbons (Fsp3) is 0.267. The smallest absolute Gasteiger partial charge is 0.304 e. The third kappa shape index (κ3) is 3.37. The first-order valence-electron chi connectivity index (χ1n) is 6.28. The zero-order valence-corrected chi connectivity index (χ0v) is 10.8. The molecule has 1 aromatic carbocycles. The van der Waals surface area contributed by atoms with E-state index in [2.05, 4.69) is 4.98 Å². The topological polar surface area (TPSA) is 62.3 Å². The van der Waals surface area contributed by atoms with Gasteiger partial charge in [0.2, 0.25) is 0 Å². The van der Waals surface area contributed by atoms with Gasteiger partial charge in [-0.15, -0.1) is 0 Å². The van der Waals surface area contributed by atoms with Gasteiger partial charge in [0.25, 0.3) is 0 Å². The zero-order chi connectivity index (χ0) is 13.7. The van der Waals surface area contributed by atoms with Gasteiger partial charge in [0.1, 0.15) is 5.75 Å². The van der Waals surface area contributed by atoms with Gasteiger partial charge in [-0.25, -0.2) is 0 Å². The van der Waals surface area contributed by atoms with Crippen LogP contribution >= 0.6 is 0 Å². The molecule has 0 spiro atoms. The summed E-state index contributed by atoms with van der Waals surface area (Å²) in [5.74, 6) is -0.177. The lowest BCUT2D eigenvalue weighted by Gasteiger charge is -2.14. The first kappa shape index (κ1) is 13.2. The van der Waals surface area contributed by atoms with E-state index in [1.54, 1.807) is 6.20 Å². The summed E-state index contributed by atoms with van der Waals surface area (Å²) in [5.41, 5.74) is 1.87. The number of aliphatic carboxylic acids is 1. The number of hydrogen-bond donors (Lipinski definition) is 2. The van der Waals surface area contributed by atoms with Crippen molar-refractivity contribution in [2.75, 3.05) is 6.61 Å². The number of carboxylic acid groups (broad SMARTS) is 1. The average Bonchev–Trinajstić information content (AvgIpc) is 2.91. The van der Waals surface area contributed by atoms with Crippen molar-refractivity contribution >= 4 is 5.97 Å². The standard InChI is InChI=1S/C15H17NO3/c1-2-19-12-7-5-11(6-8-12)13(10-15(17)18)14-4-3-9-16-14/h3-9,13,16H,2,10H2,1H3,(H,17,18). The molecule has 0 aliphatic rings. The summed E-state index contributed by atoms with van der Waals surface area (Å²) in [4.78, 5) is 14.1. The predicted octanol–water partition coefficient (Wildman–Crippen LogP) is 3.02. The summed E-state index contributed by atoms with van der Waals surface area (Å²) >= 11 is 0. The molecule has 0 aliphatic carbocycles. The fourth-order valence-corrected chi connectivity index (χ4v) is 2.11. The SMILES string of the molecule is CCOc1ccc(C(CC(=O)O)c2ccc[nH]2)cc1. The molecular formula is C15H17NO3. The van der Waals surface area contributed by atoms with Gasteiger partial charge in [-0.3, -0.25) is 4.79 Å². The summed E-state index contributed by atoms with van der Waals surface area (Å²) in [7, 11) is 0. The highest BCUT2D eigenvalue weighted by atomic mass is 16.5. The summed E-state index contributed by atoms with van der Waals surface area (Å²) in [6.07, 6.45) is 1.87. The Bertz CT molecular complexity index is 517. The van der Waals surface area contributed by atoms with Crippen LogP contribution in [0.1, 0.15) is 30.5 Å². The van der Waals surface area contributed by atoms with E-state index in [0.717, 1.165) is 17.0 Å². The van der Waals surface area contributed by atoms with Crippen molar-refractivity contribution in [3.05, 3.63) is 53.9 Å². The van der Waals surface area contributed by atoms with Crippen LogP contribution in [-0.2, 0) is 4.79 Å². The Labute approximate surface area is 112 Å². The van der Waals surface area contributed by atoms with Crippen LogP contribution in [0.15, 0.2) is 42.6 Å². The number of aromatic amines is 1. The first-order valence-corrected chi connectivity index (χ1v) is 6.28. The second kappa shape index (κ2) is 6.09. The van der Waals surface area contributed by atoms with Gasteiger partial charge < -0.3 is 14.8 Å². The van der Waals surface area contributed by atoms with Crippen molar-refractivity contribution in [1.29, 1.82) is 0 Å². The van der Waals surface area contributed by atoms with E-state index < -0.39 is 5.97 Å². The highest BCUT2D eigenvalue weighted by Crippen LogP contribution is 2.28.